The number of nitrogens with one attached hydrogen (secondary N) is 1. The summed E-state index contributed by atoms with van der Waals surface area (Å²) < 4.78 is 0. The molecule has 2 rings (SSSR count). The minimum Gasteiger partial charge on any atom is -0.342 e. The summed E-state index contributed by atoms with van der Waals surface area (Å²) in [6.07, 6.45) is 3.63. The summed E-state index contributed by atoms with van der Waals surface area (Å²) in [4.78, 5) is 13.4. The van der Waals surface area contributed by atoms with Gasteiger partial charge in [0.15, 0.2) is 0 Å². The van der Waals surface area contributed by atoms with E-state index < -0.39 is 0 Å². The maximum absolute atomic E-state index is 11.5. The van der Waals surface area contributed by atoms with Gasteiger partial charge in [-0.25, -0.2) is 0 Å². The predicted octanol–water partition coefficient (Wildman–Crippen LogP) is 0.605. The first-order valence-corrected chi connectivity index (χ1v) is 5.17. The van der Waals surface area contributed by atoms with Crippen molar-refractivity contribution >= 4 is 5.91 Å². The maximum atomic E-state index is 11.5. The number of hydrogen-bond donors (Lipinski definition) is 1. The molecule has 2 aliphatic carbocycles. The molecule has 2 fully saturated rings. The lowest BCUT2D eigenvalue weighted by Crippen LogP contribution is -2.37. The average molecular weight is 182 g/mol. The molecule has 2 aliphatic rings. The lowest BCUT2D eigenvalue weighted by atomic mass is 10.4. The van der Waals surface area contributed by atoms with Crippen LogP contribution in [0.5, 0.6) is 0 Å². The van der Waals surface area contributed by atoms with Crippen molar-refractivity contribution in [3.05, 3.63) is 0 Å². The van der Waals surface area contributed by atoms with Gasteiger partial charge in [-0.3, -0.25) is 4.79 Å². The lowest BCUT2D eigenvalue weighted by Gasteiger charge is -2.16. The molecule has 1 amide bonds. The topological polar surface area (TPSA) is 32.3 Å². The van der Waals surface area contributed by atoms with Gasteiger partial charge >= 0.3 is 0 Å². The molecule has 0 spiro atoms. The fourth-order valence-corrected chi connectivity index (χ4v) is 1.62. The smallest absolute Gasteiger partial charge is 0.236 e. The Hall–Kier alpha value is -0.570. The van der Waals surface area contributed by atoms with E-state index in [1.54, 1.807) is 0 Å². The second-order valence-electron chi connectivity index (χ2n) is 4.44. The van der Waals surface area contributed by atoms with Crippen LogP contribution in [0.2, 0.25) is 0 Å². The fraction of sp³-hybridized carbons (Fsp3) is 0.900. The van der Waals surface area contributed by atoms with Crippen LogP contribution >= 0.6 is 0 Å². The zero-order valence-corrected chi connectivity index (χ0v) is 8.42. The highest BCUT2D eigenvalue weighted by molar-refractivity contribution is 5.78. The van der Waals surface area contributed by atoms with Gasteiger partial charge in [0.25, 0.3) is 0 Å². The minimum atomic E-state index is 0.251. The first-order chi connectivity index (χ1) is 6.18. The van der Waals surface area contributed by atoms with Crippen LogP contribution in [0.1, 0.15) is 26.2 Å². The SMILES string of the molecule is CC1CC1NCC(=O)N(C)C1CC1. The van der Waals surface area contributed by atoms with Gasteiger partial charge in [0.05, 0.1) is 6.54 Å². The number of carbonyl (C=O) groups excluding carboxylic acids is 1. The van der Waals surface area contributed by atoms with E-state index in [0.29, 0.717) is 18.6 Å². The highest BCUT2D eigenvalue weighted by Crippen LogP contribution is 2.29. The van der Waals surface area contributed by atoms with E-state index in [2.05, 4.69) is 12.2 Å². The van der Waals surface area contributed by atoms with E-state index in [0.717, 1.165) is 5.92 Å². The summed E-state index contributed by atoms with van der Waals surface area (Å²) in [6, 6.07) is 1.16. The van der Waals surface area contributed by atoms with Gasteiger partial charge in [-0.2, -0.15) is 0 Å². The monoisotopic (exact) mass is 182 g/mol. The quantitative estimate of drug-likeness (QED) is 0.690. The Morgan fingerprint density at radius 1 is 1.54 bits per heavy atom. The first kappa shape index (κ1) is 9.00. The van der Waals surface area contributed by atoms with E-state index in [9.17, 15) is 4.79 Å². The van der Waals surface area contributed by atoms with Crippen LogP contribution in [0.15, 0.2) is 0 Å². The second kappa shape index (κ2) is 3.29. The number of nitrogens with zero attached hydrogens (tertiary/aromatic N) is 1. The molecule has 0 saturated heterocycles. The summed E-state index contributed by atoms with van der Waals surface area (Å²) in [5.41, 5.74) is 0. The highest BCUT2D eigenvalue weighted by atomic mass is 16.2. The van der Waals surface area contributed by atoms with Gasteiger partial charge in [-0.05, 0) is 25.2 Å². The summed E-state index contributed by atoms with van der Waals surface area (Å²) >= 11 is 0. The van der Waals surface area contributed by atoms with Crippen molar-refractivity contribution in [1.29, 1.82) is 0 Å². The van der Waals surface area contributed by atoms with Crippen molar-refractivity contribution in [1.82, 2.24) is 10.2 Å². The van der Waals surface area contributed by atoms with Crippen molar-refractivity contribution in [3.8, 4) is 0 Å². The van der Waals surface area contributed by atoms with Crippen LogP contribution < -0.4 is 5.32 Å². The van der Waals surface area contributed by atoms with Gasteiger partial charge in [0, 0.05) is 19.1 Å². The van der Waals surface area contributed by atoms with E-state index in [1.807, 2.05) is 11.9 Å². The van der Waals surface area contributed by atoms with E-state index in [4.69, 9.17) is 0 Å². The van der Waals surface area contributed by atoms with Gasteiger partial charge in [-0.15, -0.1) is 0 Å². The molecular formula is C10H18N2O. The average Bonchev–Trinajstić information content (AvgIpc) is 2.94. The zero-order chi connectivity index (χ0) is 9.42. The van der Waals surface area contributed by atoms with Crippen LogP contribution in [0.3, 0.4) is 0 Å². The molecule has 3 heteroatoms. The van der Waals surface area contributed by atoms with Gasteiger partial charge in [-0.1, -0.05) is 6.92 Å². The molecule has 0 radical (unpaired) electrons. The number of carbonyl (C=O) groups is 1. The molecule has 0 aromatic heterocycles. The van der Waals surface area contributed by atoms with Gasteiger partial charge in [0.2, 0.25) is 5.91 Å². The third-order valence-electron chi connectivity index (χ3n) is 3.11. The number of hydrogen-bond acceptors (Lipinski definition) is 2. The Balaban J connectivity index is 1.65. The number of amides is 1. The molecule has 0 aliphatic heterocycles. The van der Waals surface area contributed by atoms with Crippen LogP contribution in [0.4, 0.5) is 0 Å². The van der Waals surface area contributed by atoms with Crippen molar-refractivity contribution in [2.24, 2.45) is 5.92 Å². The van der Waals surface area contributed by atoms with Gasteiger partial charge in [0.1, 0.15) is 0 Å². The summed E-state index contributed by atoms with van der Waals surface area (Å²) in [5, 5.41) is 3.28. The molecule has 0 aromatic rings. The van der Waals surface area contributed by atoms with E-state index in [1.165, 1.54) is 19.3 Å². The second-order valence-corrected chi connectivity index (χ2v) is 4.44. The van der Waals surface area contributed by atoms with Gasteiger partial charge < -0.3 is 10.2 Å². The lowest BCUT2D eigenvalue weighted by molar-refractivity contribution is -0.129. The molecule has 13 heavy (non-hydrogen) atoms. The molecule has 0 bridgehead atoms. The predicted molar refractivity (Wildman–Crippen MR) is 51.4 cm³/mol. The Labute approximate surface area is 79.5 Å². The van der Waals surface area contributed by atoms with Crippen LogP contribution in [0.25, 0.3) is 0 Å². The van der Waals surface area contributed by atoms with Crippen LogP contribution in [0, 0.1) is 5.92 Å². The molecule has 3 nitrogen and oxygen atoms in total. The summed E-state index contributed by atoms with van der Waals surface area (Å²) in [7, 11) is 1.91. The van der Waals surface area contributed by atoms with Crippen molar-refractivity contribution in [2.75, 3.05) is 13.6 Å². The van der Waals surface area contributed by atoms with Crippen molar-refractivity contribution < 1.29 is 4.79 Å². The molecule has 2 saturated carbocycles. The third kappa shape index (κ3) is 2.21. The van der Waals surface area contributed by atoms with E-state index >= 15 is 0 Å². The number of rotatable bonds is 4. The Morgan fingerprint density at radius 2 is 2.15 bits per heavy atom. The highest BCUT2D eigenvalue weighted by Gasteiger charge is 2.34. The summed E-state index contributed by atoms with van der Waals surface area (Å²) in [5.74, 6) is 1.03. The molecule has 74 valence electrons. The van der Waals surface area contributed by atoms with E-state index in [-0.39, 0.29) is 5.91 Å². The normalized spacial score (nSPS) is 31.5. The summed E-state index contributed by atoms with van der Waals surface area (Å²) in [6.45, 7) is 2.74. The fourth-order valence-electron chi connectivity index (χ4n) is 1.62. The molecular weight excluding hydrogens is 164 g/mol. The Morgan fingerprint density at radius 3 is 2.62 bits per heavy atom. The third-order valence-corrected chi connectivity index (χ3v) is 3.11. The minimum absolute atomic E-state index is 0.251. The molecule has 1 N–H and O–H groups in total. The molecule has 2 atom stereocenters. The van der Waals surface area contributed by atoms with Crippen molar-refractivity contribution in [2.45, 2.75) is 38.3 Å². The first-order valence-electron chi connectivity index (χ1n) is 5.17. The van der Waals surface area contributed by atoms with Crippen LogP contribution in [-0.2, 0) is 4.79 Å². The number of likely N-dealkylation sites (N-methyl/N-ethyl adjacent to an activating group) is 1. The molecule has 0 heterocycles. The molecule has 2 unspecified atom stereocenters. The van der Waals surface area contributed by atoms with Crippen LogP contribution in [-0.4, -0.2) is 36.5 Å². The maximum Gasteiger partial charge on any atom is 0.236 e. The van der Waals surface area contributed by atoms with Crippen molar-refractivity contribution in [3.63, 3.8) is 0 Å². The largest absolute Gasteiger partial charge is 0.342 e. The Bertz CT molecular complexity index is 213. The molecule has 0 aromatic carbocycles. The standard InChI is InChI=1S/C10H18N2O/c1-7-5-9(7)11-6-10(13)12(2)8-3-4-8/h7-9,11H,3-6H2,1-2H3. The Kier molecular flexibility index (Phi) is 2.28. The zero-order valence-electron chi connectivity index (χ0n) is 8.42.